The third-order valence-electron chi connectivity index (χ3n) is 17.7. The highest BCUT2D eigenvalue weighted by atomic mass is 32.1. The second kappa shape index (κ2) is 38.8. The summed E-state index contributed by atoms with van der Waals surface area (Å²) in [5.41, 5.74) is 10.9. The summed E-state index contributed by atoms with van der Waals surface area (Å²) in [5.74, 6) is -1.75. The van der Waals surface area contributed by atoms with Gasteiger partial charge < -0.3 is 55.3 Å². The minimum Gasteiger partial charge on any atom is -0.492 e. The lowest BCUT2D eigenvalue weighted by molar-refractivity contribution is -0.144. The molecule has 0 aliphatic carbocycles. The molecule has 0 radical (unpaired) electrons. The number of nitrogens with one attached hydrogen (secondary N) is 5. The second-order valence-corrected chi connectivity index (χ2v) is 27.6. The van der Waals surface area contributed by atoms with Crippen molar-refractivity contribution in [3.8, 4) is 21.9 Å². The molecule has 1 fully saturated rings. The fraction of sp³-hybridized carbons (Fsp3) is 0.418. The number of allylic oxidation sites excluding steroid dienone is 1. The summed E-state index contributed by atoms with van der Waals surface area (Å²) in [6.07, 6.45) is 6.54. The molecular formula is C79H97N9O13S. The van der Waals surface area contributed by atoms with Crippen molar-refractivity contribution in [2.45, 2.75) is 138 Å². The Labute approximate surface area is 602 Å². The number of nitrogens with zero attached hydrogens (tertiary/aromatic N) is 4. The van der Waals surface area contributed by atoms with Gasteiger partial charge >= 0.3 is 0 Å². The molecule has 8 rings (SSSR count). The van der Waals surface area contributed by atoms with Gasteiger partial charge in [0.2, 0.25) is 41.4 Å². The Hall–Kier alpha value is -9.84. The number of aryl methyl sites for hydroxylation is 1. The first-order chi connectivity index (χ1) is 49.1. The molecular weight excluding hydrogens is 1310 g/mol. The summed E-state index contributed by atoms with van der Waals surface area (Å²) in [6, 6.07) is 39.1. The molecule has 1 saturated heterocycles. The third-order valence-corrected chi connectivity index (χ3v) is 18.7. The largest absolute Gasteiger partial charge is 0.492 e. The number of unbranched alkanes of at least 4 members (excludes halogenated alkanes) is 2. The van der Waals surface area contributed by atoms with Crippen LogP contribution < -0.4 is 36.1 Å². The molecule has 5 aromatic carbocycles. The maximum Gasteiger partial charge on any atom is 0.253 e. The number of aromatic nitrogens is 1. The van der Waals surface area contributed by atoms with Crippen LogP contribution >= 0.6 is 11.3 Å². The molecule has 1 aromatic heterocycles. The third kappa shape index (κ3) is 23.4. The molecule has 542 valence electrons. The minimum atomic E-state index is -0.851. The number of ether oxygens (including phenoxy) is 4. The van der Waals surface area contributed by atoms with Crippen molar-refractivity contribution >= 4 is 81.3 Å². The average molecular weight is 1410 g/mol. The van der Waals surface area contributed by atoms with Gasteiger partial charge in [-0.05, 0) is 131 Å². The van der Waals surface area contributed by atoms with E-state index in [1.54, 1.807) is 54.2 Å². The number of carbonyl (C=O) groups excluding carboxylic acids is 9. The number of thiazole rings is 1. The van der Waals surface area contributed by atoms with Crippen LogP contribution in [0.1, 0.15) is 133 Å². The zero-order valence-electron chi connectivity index (χ0n) is 59.8. The molecule has 0 spiro atoms. The van der Waals surface area contributed by atoms with E-state index < -0.39 is 35.4 Å². The van der Waals surface area contributed by atoms with Crippen LogP contribution in [0.3, 0.4) is 0 Å². The van der Waals surface area contributed by atoms with Crippen LogP contribution in [-0.2, 0) is 65.8 Å². The van der Waals surface area contributed by atoms with E-state index in [1.807, 2.05) is 136 Å². The SMILES string of the molecule is CC/C(=C(/c1ccc(OCCN(C)C(=O)CCOCCOCCC(=O)NC(C(=O)N2CCC[C@H]2C(=O)NCc2ccc(-c3scnc3C)cc2)C(C)(C)C)cc1)c1ccc(OCc2ccc(NC(=O)CNC(=O)C(NC(=O)CCCCCN3C(=O)C=CC3=O)C(C)C)cc2)cc1)c1ccccc1. The van der Waals surface area contributed by atoms with Crippen LogP contribution in [0.15, 0.2) is 145 Å². The van der Waals surface area contributed by atoms with Crippen molar-refractivity contribution in [1.29, 1.82) is 0 Å². The molecule has 5 N–H and O–H groups in total. The number of likely N-dealkylation sites (tertiary alicyclic amines) is 1. The van der Waals surface area contributed by atoms with E-state index in [1.165, 1.54) is 17.1 Å². The van der Waals surface area contributed by atoms with Gasteiger partial charge in [0.1, 0.15) is 42.8 Å². The number of rotatable bonds is 38. The number of hydrogen-bond acceptors (Lipinski definition) is 15. The fourth-order valence-corrected chi connectivity index (χ4v) is 12.7. The number of benzene rings is 5. The second-order valence-electron chi connectivity index (χ2n) is 26.8. The molecule has 9 amide bonds. The molecule has 2 unspecified atom stereocenters. The van der Waals surface area contributed by atoms with Gasteiger partial charge in [-0.1, -0.05) is 139 Å². The van der Waals surface area contributed by atoms with Crippen LogP contribution in [0.25, 0.3) is 21.6 Å². The highest BCUT2D eigenvalue weighted by Gasteiger charge is 2.42. The van der Waals surface area contributed by atoms with Crippen molar-refractivity contribution in [1.82, 2.24) is 41.0 Å². The smallest absolute Gasteiger partial charge is 0.253 e. The van der Waals surface area contributed by atoms with E-state index in [-0.39, 0.29) is 119 Å². The Morgan fingerprint density at radius 3 is 1.92 bits per heavy atom. The van der Waals surface area contributed by atoms with E-state index >= 15 is 0 Å². The Morgan fingerprint density at radius 2 is 1.30 bits per heavy atom. The number of imide groups is 1. The van der Waals surface area contributed by atoms with Crippen molar-refractivity contribution in [2.75, 3.05) is 71.6 Å². The lowest BCUT2D eigenvalue weighted by atomic mass is 9.85. The summed E-state index contributed by atoms with van der Waals surface area (Å²) >= 11 is 1.59. The van der Waals surface area contributed by atoms with Gasteiger partial charge in [0.05, 0.1) is 62.0 Å². The van der Waals surface area contributed by atoms with Crippen LogP contribution in [0.2, 0.25) is 0 Å². The number of carbonyl (C=O) groups is 9. The molecule has 102 heavy (non-hydrogen) atoms. The summed E-state index contributed by atoms with van der Waals surface area (Å²) in [7, 11) is 1.72. The van der Waals surface area contributed by atoms with Crippen LogP contribution in [0.4, 0.5) is 5.69 Å². The Bertz CT molecular complexity index is 3850. The number of likely N-dealkylation sites (N-methyl/N-ethyl adjacent to an activating group) is 1. The van der Waals surface area contributed by atoms with E-state index in [9.17, 15) is 43.2 Å². The number of anilines is 1. The predicted molar refractivity (Wildman–Crippen MR) is 393 cm³/mol. The summed E-state index contributed by atoms with van der Waals surface area (Å²) < 4.78 is 23.7. The Morgan fingerprint density at radius 1 is 0.676 bits per heavy atom. The van der Waals surface area contributed by atoms with Gasteiger partial charge in [0.25, 0.3) is 11.8 Å². The minimum absolute atomic E-state index is 0.0245. The first kappa shape index (κ1) is 77.9. The first-order valence-corrected chi connectivity index (χ1v) is 36.0. The molecule has 2 aliphatic heterocycles. The van der Waals surface area contributed by atoms with Gasteiger partial charge in [-0.3, -0.25) is 48.1 Å². The predicted octanol–water partition coefficient (Wildman–Crippen LogP) is 10.2. The summed E-state index contributed by atoms with van der Waals surface area (Å²) in [5, 5.41) is 14.1. The number of amides is 9. The van der Waals surface area contributed by atoms with Gasteiger partial charge in [-0.25, -0.2) is 4.98 Å². The fourth-order valence-electron chi connectivity index (χ4n) is 11.9. The van der Waals surface area contributed by atoms with Gasteiger partial charge in [-0.2, -0.15) is 0 Å². The Balaban J connectivity index is 0.709. The van der Waals surface area contributed by atoms with E-state index in [4.69, 9.17) is 18.9 Å². The van der Waals surface area contributed by atoms with Crippen LogP contribution in [0, 0.1) is 18.3 Å². The quantitative estimate of drug-likeness (QED) is 0.0137. The molecule has 6 aromatic rings. The zero-order chi connectivity index (χ0) is 73.1. The van der Waals surface area contributed by atoms with Crippen LogP contribution in [0.5, 0.6) is 11.5 Å². The highest BCUT2D eigenvalue weighted by molar-refractivity contribution is 7.13. The van der Waals surface area contributed by atoms with E-state index in [2.05, 4.69) is 50.6 Å². The van der Waals surface area contributed by atoms with Crippen molar-refractivity contribution in [3.63, 3.8) is 0 Å². The molecule has 2 aliphatic rings. The molecule has 0 bridgehead atoms. The van der Waals surface area contributed by atoms with Gasteiger partial charge in [0, 0.05) is 57.4 Å². The van der Waals surface area contributed by atoms with Crippen LogP contribution in [-0.4, -0.2) is 157 Å². The highest BCUT2D eigenvalue weighted by Crippen LogP contribution is 2.36. The molecule has 0 saturated carbocycles. The summed E-state index contributed by atoms with van der Waals surface area (Å²) in [4.78, 5) is 126. The zero-order valence-corrected chi connectivity index (χ0v) is 60.6. The molecule has 22 nitrogen and oxygen atoms in total. The monoisotopic (exact) mass is 1410 g/mol. The topological polar surface area (TPSA) is 273 Å². The van der Waals surface area contributed by atoms with Gasteiger partial charge in [-0.15, -0.1) is 11.3 Å². The standard InChI is InChI=1S/C79H97N9O13S/c1-9-64(57-17-12-10-13-18-57)72(59-29-35-63(36-30-59)101-51-56-23-31-61(32-24-56)83-68(91)50-81-77(96)73(53(2)3)84-66(89)20-14-11-15-41-88-70(93)37-38-71(88)94)58-27-33-62(34-28-58)100-46-43-86(8)69(92)40-45-99-48-47-98-44-39-67(90)85-75(79(5,6)7)78(97)87-42-16-19-65(87)76(95)80-49-55-21-25-60(26-22-55)74-54(4)82-52-102-74/h10,12-13,17-18,21-38,52-53,65,73,75H,9,11,14-16,19-20,39-51H2,1-8H3,(H,80,95)(H,81,96)(H,83,91)(H,84,89)(H,85,90)/b72-64+/t65-,73?,75?/m0/s1. The van der Waals surface area contributed by atoms with E-state index in [0.717, 1.165) is 61.5 Å². The molecule has 23 heteroatoms. The number of hydrogen-bond donors (Lipinski definition) is 5. The molecule has 3 atom stereocenters. The first-order valence-electron chi connectivity index (χ1n) is 35.1. The average Bonchev–Trinajstić information content (AvgIpc) is 1.03. The summed E-state index contributed by atoms with van der Waals surface area (Å²) in [6.45, 7) is 15.8. The van der Waals surface area contributed by atoms with Crippen molar-refractivity contribution < 1.29 is 62.1 Å². The maximum absolute atomic E-state index is 14.1. The lowest BCUT2D eigenvalue weighted by Gasteiger charge is -2.35. The lowest BCUT2D eigenvalue weighted by Crippen LogP contribution is -2.57. The normalized spacial score (nSPS) is 14.4. The molecule has 3 heterocycles. The van der Waals surface area contributed by atoms with Crippen molar-refractivity contribution in [2.24, 2.45) is 11.3 Å². The van der Waals surface area contributed by atoms with E-state index in [0.29, 0.717) is 68.9 Å². The maximum atomic E-state index is 14.1. The Kier molecular flexibility index (Phi) is 29.6. The van der Waals surface area contributed by atoms with Gasteiger partial charge in [0.15, 0.2) is 0 Å². The van der Waals surface area contributed by atoms with Crippen molar-refractivity contribution in [3.05, 3.63) is 179 Å².